The van der Waals surface area contributed by atoms with Gasteiger partial charge in [0, 0.05) is 11.7 Å². The van der Waals surface area contributed by atoms with E-state index in [1.165, 1.54) is 23.9 Å². The minimum absolute atomic E-state index is 0.0314. The van der Waals surface area contributed by atoms with Gasteiger partial charge in [-0.2, -0.15) is 13.2 Å². The van der Waals surface area contributed by atoms with Crippen molar-refractivity contribution < 1.29 is 22.7 Å². The van der Waals surface area contributed by atoms with E-state index in [1.54, 1.807) is 0 Å². The maximum Gasteiger partial charge on any atom is 0.416 e. The van der Waals surface area contributed by atoms with Crippen molar-refractivity contribution in [3.63, 3.8) is 0 Å². The number of aromatic nitrogens is 3. The second-order valence-electron chi connectivity index (χ2n) is 7.78. The molecule has 0 fully saturated rings. The molecule has 0 aliphatic heterocycles. The van der Waals surface area contributed by atoms with E-state index < -0.39 is 11.7 Å². The van der Waals surface area contributed by atoms with Crippen LogP contribution in [0.5, 0.6) is 5.75 Å². The number of hydrogen-bond donors (Lipinski definition) is 1. The van der Waals surface area contributed by atoms with E-state index in [1.807, 2.05) is 50.5 Å². The molecule has 0 saturated heterocycles. The van der Waals surface area contributed by atoms with Crippen LogP contribution in [0.4, 0.5) is 18.9 Å². The summed E-state index contributed by atoms with van der Waals surface area (Å²) in [6.45, 7) is 8.16. The first-order chi connectivity index (χ1) is 15.6. The van der Waals surface area contributed by atoms with Crippen molar-refractivity contribution in [2.24, 2.45) is 0 Å². The van der Waals surface area contributed by atoms with Crippen LogP contribution in [-0.2, 0) is 17.6 Å². The topological polar surface area (TPSA) is 69.0 Å². The number of rotatable bonds is 8. The van der Waals surface area contributed by atoms with Gasteiger partial charge in [0.1, 0.15) is 12.4 Å². The Bertz CT molecular complexity index is 1090. The van der Waals surface area contributed by atoms with Gasteiger partial charge in [0.15, 0.2) is 11.0 Å². The fraction of sp³-hybridized carbons (Fsp3) is 0.348. The summed E-state index contributed by atoms with van der Waals surface area (Å²) in [4.78, 5) is 12.3. The number of carbonyl (C=O) groups excluding carboxylic acids is 1. The molecule has 0 spiro atoms. The molecule has 3 rings (SSSR count). The fourth-order valence-corrected chi connectivity index (χ4v) is 4.14. The molecule has 1 aromatic heterocycles. The zero-order valence-corrected chi connectivity index (χ0v) is 19.5. The number of benzene rings is 2. The van der Waals surface area contributed by atoms with Crippen LogP contribution in [0.3, 0.4) is 0 Å². The van der Waals surface area contributed by atoms with Crippen LogP contribution in [0.25, 0.3) is 0 Å². The Balaban J connectivity index is 1.63. The zero-order chi connectivity index (χ0) is 24.2. The minimum atomic E-state index is -4.42. The number of thioether (sulfide) groups is 1. The molecule has 6 nitrogen and oxygen atoms in total. The first kappa shape index (κ1) is 24.6. The average molecular weight is 479 g/mol. The molecule has 0 aliphatic carbocycles. The van der Waals surface area contributed by atoms with Gasteiger partial charge >= 0.3 is 6.18 Å². The summed E-state index contributed by atoms with van der Waals surface area (Å²) >= 11 is 1.20. The van der Waals surface area contributed by atoms with Crippen molar-refractivity contribution in [3.8, 4) is 5.75 Å². The predicted octanol–water partition coefficient (Wildman–Crippen LogP) is 5.80. The van der Waals surface area contributed by atoms with E-state index in [2.05, 4.69) is 15.5 Å². The van der Waals surface area contributed by atoms with Crippen molar-refractivity contribution in [3.05, 3.63) is 65.0 Å². The molecule has 0 bridgehead atoms. The number of nitrogens with one attached hydrogen (secondary N) is 1. The maximum absolute atomic E-state index is 12.7. The number of alkyl halides is 3. The van der Waals surface area contributed by atoms with Gasteiger partial charge in [-0.1, -0.05) is 30.0 Å². The SMILES string of the molecule is Cc1cccc(C)c1OCc1nnc(SCC(=O)Nc2ccc(C(F)(F)F)cc2)n1C(C)C. The molecular formula is C23H25F3N4O2S. The molecule has 1 heterocycles. The predicted molar refractivity (Wildman–Crippen MR) is 121 cm³/mol. The normalized spacial score (nSPS) is 11.6. The van der Waals surface area contributed by atoms with Crippen LogP contribution in [0.15, 0.2) is 47.6 Å². The van der Waals surface area contributed by atoms with E-state index in [0.29, 0.717) is 16.7 Å². The standard InChI is InChI=1S/C23H25F3N4O2S/c1-14(2)30-19(12-32-21-15(3)6-5-7-16(21)4)28-29-22(30)33-13-20(31)27-18-10-8-17(9-11-18)23(24,25)26/h5-11,14H,12-13H2,1-4H3,(H,27,31). The highest BCUT2D eigenvalue weighted by atomic mass is 32.2. The molecule has 33 heavy (non-hydrogen) atoms. The molecule has 0 aliphatic rings. The molecule has 0 atom stereocenters. The highest BCUT2D eigenvalue weighted by Crippen LogP contribution is 2.30. The largest absolute Gasteiger partial charge is 0.485 e. The van der Waals surface area contributed by atoms with Gasteiger partial charge in [-0.15, -0.1) is 10.2 Å². The third-order valence-electron chi connectivity index (χ3n) is 4.83. The molecule has 10 heteroatoms. The summed E-state index contributed by atoms with van der Waals surface area (Å²) in [6.07, 6.45) is -4.42. The molecule has 176 valence electrons. The Morgan fingerprint density at radius 1 is 1.09 bits per heavy atom. The lowest BCUT2D eigenvalue weighted by atomic mass is 10.1. The van der Waals surface area contributed by atoms with E-state index >= 15 is 0 Å². The average Bonchev–Trinajstić information content (AvgIpc) is 3.15. The van der Waals surface area contributed by atoms with Crippen molar-refractivity contribution in [2.75, 3.05) is 11.1 Å². The van der Waals surface area contributed by atoms with E-state index in [9.17, 15) is 18.0 Å². The number of anilines is 1. The third-order valence-corrected chi connectivity index (χ3v) is 5.78. The highest BCUT2D eigenvalue weighted by molar-refractivity contribution is 7.99. The molecule has 3 aromatic rings. The summed E-state index contributed by atoms with van der Waals surface area (Å²) < 4.78 is 45.9. The maximum atomic E-state index is 12.7. The van der Waals surface area contributed by atoms with Crippen molar-refractivity contribution in [1.29, 1.82) is 0 Å². The molecule has 1 amide bonds. The Kier molecular flexibility index (Phi) is 7.68. The number of ether oxygens (including phenoxy) is 1. The number of hydrogen-bond acceptors (Lipinski definition) is 5. The summed E-state index contributed by atoms with van der Waals surface area (Å²) in [5.74, 6) is 1.12. The lowest BCUT2D eigenvalue weighted by Gasteiger charge is -2.15. The van der Waals surface area contributed by atoms with Crippen LogP contribution in [0.1, 0.15) is 42.4 Å². The van der Waals surface area contributed by atoms with Crippen LogP contribution < -0.4 is 10.1 Å². The molecule has 2 aromatic carbocycles. The van der Waals surface area contributed by atoms with E-state index in [4.69, 9.17) is 4.74 Å². The first-order valence-corrected chi connectivity index (χ1v) is 11.3. The molecule has 0 unspecified atom stereocenters. The van der Waals surface area contributed by atoms with Crippen LogP contribution in [0.2, 0.25) is 0 Å². The Labute approximate surface area is 194 Å². The Hall–Kier alpha value is -3.01. The van der Waals surface area contributed by atoms with Crippen LogP contribution in [0, 0.1) is 13.8 Å². The van der Waals surface area contributed by atoms with Gasteiger partial charge in [0.05, 0.1) is 11.3 Å². The lowest BCUT2D eigenvalue weighted by Crippen LogP contribution is -2.16. The first-order valence-electron chi connectivity index (χ1n) is 10.3. The van der Waals surface area contributed by atoms with Crippen molar-refractivity contribution >= 4 is 23.4 Å². The summed E-state index contributed by atoms with van der Waals surface area (Å²) in [7, 11) is 0. The van der Waals surface area contributed by atoms with Gasteiger partial charge in [-0.3, -0.25) is 4.79 Å². The van der Waals surface area contributed by atoms with Crippen molar-refractivity contribution in [2.45, 2.75) is 51.7 Å². The van der Waals surface area contributed by atoms with E-state index in [-0.39, 0.29) is 24.3 Å². The van der Waals surface area contributed by atoms with Gasteiger partial charge in [0.2, 0.25) is 5.91 Å². The number of nitrogens with zero attached hydrogens (tertiary/aromatic N) is 3. The van der Waals surface area contributed by atoms with Gasteiger partial charge in [-0.25, -0.2) is 0 Å². The van der Waals surface area contributed by atoms with Crippen molar-refractivity contribution in [1.82, 2.24) is 14.8 Å². The number of carbonyl (C=O) groups is 1. The molecule has 1 N–H and O–H groups in total. The second-order valence-corrected chi connectivity index (χ2v) is 8.73. The van der Waals surface area contributed by atoms with E-state index in [0.717, 1.165) is 29.0 Å². The smallest absolute Gasteiger partial charge is 0.416 e. The van der Waals surface area contributed by atoms with Gasteiger partial charge < -0.3 is 14.6 Å². The fourth-order valence-electron chi connectivity index (χ4n) is 3.26. The number of aryl methyl sites for hydroxylation is 2. The summed E-state index contributed by atoms with van der Waals surface area (Å²) in [5, 5.41) is 11.6. The Morgan fingerprint density at radius 3 is 2.30 bits per heavy atom. The quantitative estimate of drug-likeness (QED) is 0.414. The number of halogens is 3. The monoisotopic (exact) mass is 478 g/mol. The molecule has 0 saturated carbocycles. The van der Waals surface area contributed by atoms with Gasteiger partial charge in [0.25, 0.3) is 0 Å². The zero-order valence-electron chi connectivity index (χ0n) is 18.7. The summed E-state index contributed by atoms with van der Waals surface area (Å²) in [5.41, 5.74) is 1.58. The minimum Gasteiger partial charge on any atom is -0.485 e. The Morgan fingerprint density at radius 2 is 1.73 bits per heavy atom. The third kappa shape index (κ3) is 6.28. The number of amides is 1. The summed E-state index contributed by atoms with van der Waals surface area (Å²) in [6, 6.07) is 10.3. The molecule has 0 radical (unpaired) electrons. The lowest BCUT2D eigenvalue weighted by molar-refractivity contribution is -0.137. The molecular weight excluding hydrogens is 453 g/mol. The van der Waals surface area contributed by atoms with Crippen LogP contribution in [-0.4, -0.2) is 26.4 Å². The number of para-hydroxylation sites is 1. The van der Waals surface area contributed by atoms with Gasteiger partial charge in [-0.05, 0) is 63.1 Å². The highest BCUT2D eigenvalue weighted by Gasteiger charge is 2.30. The second kappa shape index (κ2) is 10.3. The van der Waals surface area contributed by atoms with Crippen LogP contribution >= 0.6 is 11.8 Å².